The second kappa shape index (κ2) is 8.50. The molecule has 0 spiro atoms. The van der Waals surface area contributed by atoms with E-state index in [2.05, 4.69) is 5.32 Å². The Morgan fingerprint density at radius 2 is 1.67 bits per heavy atom. The normalized spacial score (nSPS) is 19.7. The predicted octanol–water partition coefficient (Wildman–Crippen LogP) is 2.50. The second-order valence-corrected chi connectivity index (χ2v) is 7.38. The lowest BCUT2D eigenvalue weighted by Gasteiger charge is -2.33. The topological polar surface area (TPSA) is 86.7 Å². The minimum absolute atomic E-state index is 0.0628. The van der Waals surface area contributed by atoms with Gasteiger partial charge in [0.1, 0.15) is 5.82 Å². The van der Waals surface area contributed by atoms with E-state index in [9.17, 15) is 23.9 Å². The fraction of sp³-hybridized carbons (Fsp3) is 0.550. The number of carboxylic acid groups (broad SMARTS) is 1. The highest BCUT2D eigenvalue weighted by molar-refractivity contribution is 5.86. The third-order valence-corrected chi connectivity index (χ3v) is 5.63. The zero-order valence-corrected chi connectivity index (χ0v) is 15.2. The summed E-state index contributed by atoms with van der Waals surface area (Å²) in [6.07, 6.45) is 5.08. The van der Waals surface area contributed by atoms with Crippen LogP contribution in [-0.4, -0.2) is 40.9 Å². The number of benzene rings is 1. The van der Waals surface area contributed by atoms with Crippen molar-refractivity contribution in [1.82, 2.24) is 10.2 Å². The minimum Gasteiger partial charge on any atom is -0.479 e. The van der Waals surface area contributed by atoms with Gasteiger partial charge < -0.3 is 15.3 Å². The zero-order valence-electron chi connectivity index (χ0n) is 15.2. The van der Waals surface area contributed by atoms with Crippen LogP contribution >= 0.6 is 0 Å². The van der Waals surface area contributed by atoms with Gasteiger partial charge >= 0.3 is 5.97 Å². The van der Waals surface area contributed by atoms with Gasteiger partial charge in [0, 0.05) is 30.5 Å². The molecule has 2 aliphatic rings. The molecule has 1 saturated carbocycles. The number of halogens is 1. The van der Waals surface area contributed by atoms with Crippen molar-refractivity contribution in [2.75, 3.05) is 13.1 Å². The number of piperidine rings is 1. The van der Waals surface area contributed by atoms with Crippen LogP contribution in [0.5, 0.6) is 0 Å². The fourth-order valence-corrected chi connectivity index (χ4v) is 4.03. The van der Waals surface area contributed by atoms with E-state index in [-0.39, 0.29) is 23.3 Å². The molecule has 27 heavy (non-hydrogen) atoms. The summed E-state index contributed by atoms with van der Waals surface area (Å²) in [5, 5.41) is 11.9. The Balaban J connectivity index is 1.57. The van der Waals surface area contributed by atoms with Crippen molar-refractivity contribution in [2.45, 2.75) is 44.6 Å². The van der Waals surface area contributed by atoms with Crippen LogP contribution in [0, 0.1) is 17.7 Å². The van der Waals surface area contributed by atoms with Crippen LogP contribution in [0.1, 0.15) is 50.1 Å². The maximum Gasteiger partial charge on any atom is 0.331 e. The molecule has 0 aromatic heterocycles. The molecule has 1 aliphatic heterocycles. The number of aliphatic carboxylic acids is 1. The average molecular weight is 376 g/mol. The quantitative estimate of drug-likeness (QED) is 0.827. The third kappa shape index (κ3) is 4.46. The van der Waals surface area contributed by atoms with E-state index in [1.807, 2.05) is 4.90 Å². The smallest absolute Gasteiger partial charge is 0.331 e. The summed E-state index contributed by atoms with van der Waals surface area (Å²) in [6.45, 7) is 1.01. The molecule has 6 nitrogen and oxygen atoms in total. The molecular formula is C20H25FN2O4. The van der Waals surface area contributed by atoms with Crippen LogP contribution in [0.15, 0.2) is 24.3 Å². The van der Waals surface area contributed by atoms with Gasteiger partial charge in [0.15, 0.2) is 6.04 Å². The molecule has 1 saturated heterocycles. The first-order valence-electron chi connectivity index (χ1n) is 9.53. The van der Waals surface area contributed by atoms with Gasteiger partial charge in [0.2, 0.25) is 11.8 Å². The highest BCUT2D eigenvalue weighted by Crippen LogP contribution is 2.29. The van der Waals surface area contributed by atoms with Gasteiger partial charge in [-0.05, 0) is 31.7 Å². The lowest BCUT2D eigenvalue weighted by atomic mass is 9.93. The molecule has 0 bridgehead atoms. The maximum absolute atomic E-state index is 13.9. The number of nitrogens with zero attached hydrogens (tertiary/aromatic N) is 1. The molecular weight excluding hydrogens is 351 g/mol. The van der Waals surface area contributed by atoms with Crippen LogP contribution in [0.2, 0.25) is 0 Å². The monoisotopic (exact) mass is 376 g/mol. The summed E-state index contributed by atoms with van der Waals surface area (Å²) in [4.78, 5) is 38.4. The summed E-state index contributed by atoms with van der Waals surface area (Å²) >= 11 is 0. The number of amides is 2. The molecule has 146 valence electrons. The first-order chi connectivity index (χ1) is 13.0. The van der Waals surface area contributed by atoms with E-state index >= 15 is 0 Å². The van der Waals surface area contributed by atoms with Crippen LogP contribution < -0.4 is 5.32 Å². The van der Waals surface area contributed by atoms with Crippen LogP contribution in [-0.2, 0) is 14.4 Å². The highest BCUT2D eigenvalue weighted by Gasteiger charge is 2.34. The van der Waals surface area contributed by atoms with Crippen LogP contribution in [0.3, 0.4) is 0 Å². The van der Waals surface area contributed by atoms with Gasteiger partial charge in [-0.3, -0.25) is 9.59 Å². The van der Waals surface area contributed by atoms with E-state index < -0.39 is 23.7 Å². The number of hydrogen-bond donors (Lipinski definition) is 2. The number of likely N-dealkylation sites (tertiary alicyclic amines) is 1. The average Bonchev–Trinajstić information content (AvgIpc) is 3.21. The molecule has 2 fully saturated rings. The van der Waals surface area contributed by atoms with Crippen molar-refractivity contribution in [3.63, 3.8) is 0 Å². The number of carbonyl (C=O) groups is 3. The molecule has 1 aromatic rings. The maximum atomic E-state index is 13.9. The Hall–Kier alpha value is -2.44. The number of nitrogens with one attached hydrogen (secondary N) is 1. The van der Waals surface area contributed by atoms with Crippen molar-refractivity contribution in [3.05, 3.63) is 35.6 Å². The van der Waals surface area contributed by atoms with Crippen molar-refractivity contribution in [3.8, 4) is 0 Å². The first kappa shape index (κ1) is 19.3. The molecule has 0 unspecified atom stereocenters. The van der Waals surface area contributed by atoms with Crippen LogP contribution in [0.25, 0.3) is 0 Å². The van der Waals surface area contributed by atoms with E-state index in [1.54, 1.807) is 0 Å². The minimum atomic E-state index is -1.42. The Bertz CT molecular complexity index is 710. The third-order valence-electron chi connectivity index (χ3n) is 5.63. The SMILES string of the molecule is O=C(N[C@@H](C(=O)O)c1ccccc1F)C1CCN(C(=O)C2CCCC2)CC1. The van der Waals surface area contributed by atoms with E-state index in [4.69, 9.17) is 0 Å². The van der Waals surface area contributed by atoms with Gasteiger partial charge in [0.05, 0.1) is 0 Å². The van der Waals surface area contributed by atoms with E-state index in [0.29, 0.717) is 25.9 Å². The number of carbonyl (C=O) groups excluding carboxylic acids is 2. The van der Waals surface area contributed by atoms with Gasteiger partial charge in [-0.15, -0.1) is 0 Å². The summed E-state index contributed by atoms with van der Waals surface area (Å²) in [7, 11) is 0. The van der Waals surface area contributed by atoms with E-state index in [0.717, 1.165) is 25.7 Å². The molecule has 1 heterocycles. The molecule has 7 heteroatoms. The van der Waals surface area contributed by atoms with Gasteiger partial charge in [0.25, 0.3) is 0 Å². The molecule has 1 aromatic carbocycles. The molecule has 2 N–H and O–H groups in total. The zero-order chi connectivity index (χ0) is 19.4. The van der Waals surface area contributed by atoms with Gasteiger partial charge in [-0.1, -0.05) is 31.0 Å². The Labute approximate surface area is 157 Å². The fourth-order valence-electron chi connectivity index (χ4n) is 4.03. The molecule has 0 radical (unpaired) electrons. The number of carboxylic acids is 1. The molecule has 2 amide bonds. The van der Waals surface area contributed by atoms with Crippen molar-refractivity contribution in [2.24, 2.45) is 11.8 Å². The van der Waals surface area contributed by atoms with Crippen LogP contribution in [0.4, 0.5) is 4.39 Å². The summed E-state index contributed by atoms with van der Waals surface area (Å²) < 4.78 is 13.9. The Morgan fingerprint density at radius 1 is 1.04 bits per heavy atom. The van der Waals surface area contributed by atoms with Gasteiger partial charge in [-0.2, -0.15) is 0 Å². The summed E-state index contributed by atoms with van der Waals surface area (Å²) in [5.74, 6) is -2.44. The largest absolute Gasteiger partial charge is 0.479 e. The van der Waals surface area contributed by atoms with Gasteiger partial charge in [-0.25, -0.2) is 9.18 Å². The molecule has 1 atom stereocenters. The lowest BCUT2D eigenvalue weighted by Crippen LogP contribution is -2.46. The Kier molecular flexibility index (Phi) is 6.08. The predicted molar refractivity (Wildman–Crippen MR) is 96.2 cm³/mol. The van der Waals surface area contributed by atoms with Crippen molar-refractivity contribution < 1.29 is 23.9 Å². The van der Waals surface area contributed by atoms with E-state index in [1.165, 1.54) is 24.3 Å². The molecule has 1 aliphatic carbocycles. The summed E-state index contributed by atoms with van der Waals surface area (Å²) in [5.41, 5.74) is -0.0628. The lowest BCUT2D eigenvalue weighted by molar-refractivity contribution is -0.143. The van der Waals surface area contributed by atoms with Crippen molar-refractivity contribution in [1.29, 1.82) is 0 Å². The van der Waals surface area contributed by atoms with Crippen molar-refractivity contribution >= 4 is 17.8 Å². The number of rotatable bonds is 5. The Morgan fingerprint density at radius 3 is 2.26 bits per heavy atom. The number of hydrogen-bond acceptors (Lipinski definition) is 3. The summed E-state index contributed by atoms with van der Waals surface area (Å²) in [6, 6.07) is 4.11. The second-order valence-electron chi connectivity index (χ2n) is 7.38. The highest BCUT2D eigenvalue weighted by atomic mass is 19.1. The first-order valence-corrected chi connectivity index (χ1v) is 9.53. The molecule has 3 rings (SSSR count). The standard InChI is InChI=1S/C20H25FN2O4/c21-16-8-4-3-7-15(16)17(20(26)27)22-18(24)13-9-11-23(12-10-13)19(25)14-5-1-2-6-14/h3-4,7-8,13-14,17H,1-2,5-6,9-12H2,(H,22,24)(H,26,27)/t17-/m1/s1.